The maximum atomic E-state index is 6.48. The van der Waals surface area contributed by atoms with E-state index in [2.05, 4.69) is 40.8 Å². The van der Waals surface area contributed by atoms with Crippen LogP contribution in [-0.2, 0) is 0 Å². The Balaban J connectivity index is 1.85. The zero-order chi connectivity index (χ0) is 14.8. The average molecular weight is 288 g/mol. The molecule has 2 fully saturated rings. The average Bonchev–Trinajstić information content (AvgIpc) is 2.95. The van der Waals surface area contributed by atoms with Gasteiger partial charge in [-0.05, 0) is 44.9 Å². The van der Waals surface area contributed by atoms with Crippen molar-refractivity contribution in [3.63, 3.8) is 0 Å². The lowest BCUT2D eigenvalue weighted by molar-refractivity contribution is 0.0170. The molecule has 4 unspecified atom stereocenters. The first kappa shape index (κ1) is 14.9. The molecule has 0 radical (unpaired) electrons. The molecule has 3 rings (SSSR count). The number of hydrogen-bond acceptors (Lipinski definition) is 4. The van der Waals surface area contributed by atoms with Crippen LogP contribution in [0.25, 0.3) is 0 Å². The molecule has 3 heterocycles. The molecular formula is C17H28N4. The van der Waals surface area contributed by atoms with Gasteiger partial charge >= 0.3 is 0 Å². The summed E-state index contributed by atoms with van der Waals surface area (Å²) in [4.78, 5) is 9.88. The Morgan fingerprint density at radius 2 is 2.24 bits per heavy atom. The summed E-state index contributed by atoms with van der Waals surface area (Å²) in [6.07, 6.45) is 5.55. The van der Waals surface area contributed by atoms with Gasteiger partial charge in [-0.3, -0.25) is 14.8 Å². The van der Waals surface area contributed by atoms with E-state index in [0.717, 1.165) is 24.7 Å². The van der Waals surface area contributed by atoms with Crippen molar-refractivity contribution in [3.8, 4) is 0 Å². The quantitative estimate of drug-likeness (QED) is 0.921. The van der Waals surface area contributed by atoms with Crippen molar-refractivity contribution < 1.29 is 0 Å². The smallest absolute Gasteiger partial charge is 0.0676 e. The molecule has 2 aliphatic rings. The second kappa shape index (κ2) is 6.42. The zero-order valence-electron chi connectivity index (χ0n) is 13.3. The molecule has 0 amide bonds. The molecule has 0 aromatic carbocycles. The van der Waals surface area contributed by atoms with E-state index in [0.29, 0.717) is 6.04 Å². The number of piperazine rings is 1. The summed E-state index contributed by atoms with van der Waals surface area (Å²) in [5.74, 6) is 0. The molecule has 4 heteroatoms. The van der Waals surface area contributed by atoms with E-state index in [1.54, 1.807) is 0 Å². The minimum atomic E-state index is 0.148. The highest BCUT2D eigenvalue weighted by Gasteiger charge is 2.39. The van der Waals surface area contributed by atoms with Gasteiger partial charge in [0.1, 0.15) is 0 Å². The Hall–Kier alpha value is -0.970. The third-order valence-corrected chi connectivity index (χ3v) is 5.21. The van der Waals surface area contributed by atoms with E-state index in [-0.39, 0.29) is 12.1 Å². The maximum Gasteiger partial charge on any atom is 0.0676 e. The van der Waals surface area contributed by atoms with Gasteiger partial charge in [0.25, 0.3) is 0 Å². The number of nitrogens with two attached hydrogens (primary N) is 1. The fourth-order valence-electron chi connectivity index (χ4n) is 4.01. The fourth-order valence-corrected chi connectivity index (χ4v) is 4.01. The van der Waals surface area contributed by atoms with Gasteiger partial charge in [-0.25, -0.2) is 0 Å². The SMILES string of the molecule is CCC(N)C(c1ccccn1)N1CC2CCCN2CC1C. The summed E-state index contributed by atoms with van der Waals surface area (Å²) in [5, 5.41) is 0. The molecule has 1 aromatic rings. The number of pyridine rings is 1. The number of aromatic nitrogens is 1. The highest BCUT2D eigenvalue weighted by atomic mass is 15.3. The molecule has 0 aliphatic carbocycles. The largest absolute Gasteiger partial charge is 0.326 e. The van der Waals surface area contributed by atoms with Crippen molar-refractivity contribution in [2.45, 2.75) is 57.3 Å². The van der Waals surface area contributed by atoms with Crippen molar-refractivity contribution in [2.75, 3.05) is 19.6 Å². The molecular weight excluding hydrogens is 260 g/mol. The van der Waals surface area contributed by atoms with E-state index in [4.69, 9.17) is 5.73 Å². The maximum absolute atomic E-state index is 6.48. The molecule has 0 bridgehead atoms. The summed E-state index contributed by atoms with van der Waals surface area (Å²) in [7, 11) is 0. The van der Waals surface area contributed by atoms with Gasteiger partial charge in [-0.1, -0.05) is 13.0 Å². The molecule has 2 N–H and O–H groups in total. The second-order valence-electron chi connectivity index (χ2n) is 6.61. The number of fused-ring (bicyclic) bond motifs is 1. The molecule has 4 nitrogen and oxygen atoms in total. The van der Waals surface area contributed by atoms with E-state index < -0.39 is 0 Å². The summed E-state index contributed by atoms with van der Waals surface area (Å²) < 4.78 is 0. The lowest BCUT2D eigenvalue weighted by atomic mass is 9.96. The standard InChI is InChI=1S/C17H28N4/c1-3-15(18)17(16-8-4-5-9-19-16)21-12-14-7-6-10-20(14)11-13(21)2/h4-5,8-9,13-15,17H,3,6-7,10-12,18H2,1-2H3. The van der Waals surface area contributed by atoms with Crippen LogP contribution < -0.4 is 5.73 Å². The molecule has 0 saturated carbocycles. The van der Waals surface area contributed by atoms with Gasteiger partial charge in [-0.2, -0.15) is 0 Å². The Labute approximate surface area is 128 Å². The van der Waals surface area contributed by atoms with Crippen LogP contribution in [0.1, 0.15) is 44.8 Å². The van der Waals surface area contributed by atoms with Crippen LogP contribution in [0.15, 0.2) is 24.4 Å². The van der Waals surface area contributed by atoms with Gasteiger partial charge in [0.2, 0.25) is 0 Å². The van der Waals surface area contributed by atoms with E-state index in [9.17, 15) is 0 Å². The first-order chi connectivity index (χ1) is 10.2. The minimum Gasteiger partial charge on any atom is -0.326 e. The van der Waals surface area contributed by atoms with Crippen LogP contribution in [-0.4, -0.2) is 52.5 Å². The predicted molar refractivity (Wildman–Crippen MR) is 86.0 cm³/mol. The highest BCUT2D eigenvalue weighted by Crippen LogP contribution is 2.32. The Bertz CT molecular complexity index is 449. The Kier molecular flexibility index (Phi) is 4.57. The van der Waals surface area contributed by atoms with Crippen molar-refractivity contribution in [3.05, 3.63) is 30.1 Å². The minimum absolute atomic E-state index is 0.148. The van der Waals surface area contributed by atoms with E-state index in [1.165, 1.54) is 25.9 Å². The highest BCUT2D eigenvalue weighted by molar-refractivity contribution is 5.13. The summed E-state index contributed by atoms with van der Waals surface area (Å²) in [6.45, 7) is 8.10. The fraction of sp³-hybridized carbons (Fsp3) is 0.706. The molecule has 2 aliphatic heterocycles. The third kappa shape index (κ3) is 2.98. The van der Waals surface area contributed by atoms with Crippen LogP contribution in [0.2, 0.25) is 0 Å². The lowest BCUT2D eigenvalue weighted by Gasteiger charge is -2.47. The predicted octanol–water partition coefficient (Wildman–Crippen LogP) is 2.03. The van der Waals surface area contributed by atoms with Crippen molar-refractivity contribution >= 4 is 0 Å². The first-order valence-electron chi connectivity index (χ1n) is 8.37. The molecule has 2 saturated heterocycles. The van der Waals surface area contributed by atoms with E-state index in [1.807, 2.05) is 12.3 Å². The molecule has 116 valence electrons. The third-order valence-electron chi connectivity index (χ3n) is 5.21. The monoisotopic (exact) mass is 288 g/mol. The normalized spacial score (nSPS) is 30.0. The summed E-state index contributed by atoms with van der Waals surface area (Å²) >= 11 is 0. The van der Waals surface area contributed by atoms with Gasteiger partial charge in [0.05, 0.1) is 11.7 Å². The number of hydrogen-bond donors (Lipinski definition) is 1. The van der Waals surface area contributed by atoms with Gasteiger partial charge < -0.3 is 5.73 Å². The summed E-state index contributed by atoms with van der Waals surface area (Å²) in [6, 6.07) is 7.85. The van der Waals surface area contributed by atoms with E-state index >= 15 is 0 Å². The summed E-state index contributed by atoms with van der Waals surface area (Å²) in [5.41, 5.74) is 7.61. The van der Waals surface area contributed by atoms with Crippen molar-refractivity contribution in [1.29, 1.82) is 0 Å². The zero-order valence-corrected chi connectivity index (χ0v) is 13.3. The second-order valence-corrected chi connectivity index (χ2v) is 6.61. The van der Waals surface area contributed by atoms with Crippen LogP contribution >= 0.6 is 0 Å². The molecule has 21 heavy (non-hydrogen) atoms. The van der Waals surface area contributed by atoms with Gasteiger partial charge in [0, 0.05) is 37.4 Å². The van der Waals surface area contributed by atoms with Crippen molar-refractivity contribution in [1.82, 2.24) is 14.8 Å². The molecule has 4 atom stereocenters. The Morgan fingerprint density at radius 3 is 2.95 bits per heavy atom. The molecule has 0 spiro atoms. The van der Waals surface area contributed by atoms with Crippen LogP contribution in [0.4, 0.5) is 0 Å². The van der Waals surface area contributed by atoms with Crippen molar-refractivity contribution in [2.24, 2.45) is 5.73 Å². The number of nitrogens with zero attached hydrogens (tertiary/aromatic N) is 3. The number of rotatable bonds is 4. The van der Waals surface area contributed by atoms with Gasteiger partial charge in [0.15, 0.2) is 0 Å². The molecule has 1 aromatic heterocycles. The van der Waals surface area contributed by atoms with Gasteiger partial charge in [-0.15, -0.1) is 0 Å². The van der Waals surface area contributed by atoms with Crippen LogP contribution in [0, 0.1) is 0 Å². The van der Waals surface area contributed by atoms with Crippen LogP contribution in [0.5, 0.6) is 0 Å². The lowest BCUT2D eigenvalue weighted by Crippen LogP contribution is -2.58. The topological polar surface area (TPSA) is 45.4 Å². The first-order valence-corrected chi connectivity index (χ1v) is 8.37. The Morgan fingerprint density at radius 1 is 1.38 bits per heavy atom. The van der Waals surface area contributed by atoms with Crippen LogP contribution in [0.3, 0.4) is 0 Å².